The van der Waals surface area contributed by atoms with Gasteiger partial charge in [0, 0.05) is 25.2 Å². The fourth-order valence-corrected chi connectivity index (χ4v) is 0.945. The van der Waals surface area contributed by atoms with Crippen LogP contribution in [0.2, 0.25) is 0 Å². The second-order valence-corrected chi connectivity index (χ2v) is 2.80. The molecule has 1 aromatic rings. The Labute approximate surface area is 81.4 Å². The van der Waals surface area contributed by atoms with E-state index in [0.717, 1.165) is 17.5 Å². The van der Waals surface area contributed by atoms with Crippen molar-refractivity contribution in [3.63, 3.8) is 0 Å². The molecule has 0 radical (unpaired) electrons. The van der Waals surface area contributed by atoms with Crippen LogP contribution in [-0.2, 0) is 11.3 Å². The molecule has 0 aliphatic rings. The molecule has 76 valence electrons. The van der Waals surface area contributed by atoms with Crippen LogP contribution in [-0.4, -0.2) is 22.8 Å². The van der Waals surface area contributed by atoms with Crippen molar-refractivity contribution in [2.45, 2.75) is 13.5 Å². The first-order valence-electron chi connectivity index (χ1n) is 4.21. The van der Waals surface area contributed by atoms with E-state index < -0.39 is 5.97 Å². The highest BCUT2D eigenvalue weighted by atomic mass is 16.5. The Morgan fingerprint density at radius 3 is 3.14 bits per heavy atom. The largest absolute Gasteiger partial charge is 0.478 e. The molecule has 14 heavy (non-hydrogen) atoms. The van der Waals surface area contributed by atoms with Crippen molar-refractivity contribution in [3.05, 3.63) is 29.7 Å². The molecule has 5 heteroatoms. The first-order chi connectivity index (χ1) is 6.68. The minimum atomic E-state index is -0.941. The monoisotopic (exact) mass is 196 g/mol. The van der Waals surface area contributed by atoms with Crippen LogP contribution in [0.1, 0.15) is 11.5 Å². The van der Waals surface area contributed by atoms with Gasteiger partial charge in [0.2, 0.25) is 0 Å². The third-order valence-corrected chi connectivity index (χ3v) is 1.51. The smallest absolute Gasteiger partial charge is 0.328 e. The zero-order chi connectivity index (χ0) is 10.4. The molecule has 0 bridgehead atoms. The standard InChI is InChI=1S/C9H12N2O3/c1-7-5-8(11-14-7)6-10-4-2-3-9(12)13/h2-3,5,10H,4,6H2,1H3,(H,12,13)/b3-2+. The molecule has 0 unspecified atom stereocenters. The summed E-state index contributed by atoms with van der Waals surface area (Å²) < 4.78 is 4.86. The Hall–Kier alpha value is -1.62. The van der Waals surface area contributed by atoms with Crippen LogP contribution in [0.25, 0.3) is 0 Å². The maximum Gasteiger partial charge on any atom is 0.328 e. The van der Waals surface area contributed by atoms with E-state index in [1.54, 1.807) is 0 Å². The maximum absolute atomic E-state index is 10.1. The average molecular weight is 196 g/mol. The molecular weight excluding hydrogens is 184 g/mol. The first-order valence-corrected chi connectivity index (χ1v) is 4.21. The summed E-state index contributed by atoms with van der Waals surface area (Å²) in [5.74, 6) is -0.174. The van der Waals surface area contributed by atoms with Crippen molar-refractivity contribution >= 4 is 5.97 Å². The molecule has 0 saturated heterocycles. The topological polar surface area (TPSA) is 75.4 Å². The maximum atomic E-state index is 10.1. The Bertz CT molecular complexity index is 331. The SMILES string of the molecule is Cc1cc(CNC/C=C/C(=O)O)no1. The van der Waals surface area contributed by atoms with Crippen LogP contribution in [0.4, 0.5) is 0 Å². The molecule has 1 heterocycles. The van der Waals surface area contributed by atoms with Gasteiger partial charge in [0.1, 0.15) is 5.76 Å². The predicted molar refractivity (Wildman–Crippen MR) is 49.7 cm³/mol. The fraction of sp³-hybridized carbons (Fsp3) is 0.333. The minimum absolute atomic E-state index is 0.498. The summed E-state index contributed by atoms with van der Waals surface area (Å²) in [6.07, 6.45) is 2.64. The number of rotatable bonds is 5. The molecule has 0 aliphatic heterocycles. The highest BCUT2D eigenvalue weighted by Crippen LogP contribution is 1.99. The van der Waals surface area contributed by atoms with Gasteiger partial charge in [0.15, 0.2) is 0 Å². The van der Waals surface area contributed by atoms with Gasteiger partial charge in [-0.05, 0) is 6.92 Å². The van der Waals surface area contributed by atoms with Gasteiger partial charge in [-0.1, -0.05) is 11.2 Å². The van der Waals surface area contributed by atoms with Gasteiger partial charge in [-0.2, -0.15) is 0 Å². The zero-order valence-electron chi connectivity index (χ0n) is 7.86. The van der Waals surface area contributed by atoms with Gasteiger partial charge in [-0.15, -0.1) is 0 Å². The van der Waals surface area contributed by atoms with Gasteiger partial charge in [-0.25, -0.2) is 4.79 Å². The van der Waals surface area contributed by atoms with Crippen LogP contribution < -0.4 is 5.32 Å². The number of hydrogen-bond acceptors (Lipinski definition) is 4. The van der Waals surface area contributed by atoms with E-state index >= 15 is 0 Å². The van der Waals surface area contributed by atoms with Crippen LogP contribution in [0, 0.1) is 6.92 Å². The van der Waals surface area contributed by atoms with E-state index in [4.69, 9.17) is 9.63 Å². The fourth-order valence-electron chi connectivity index (χ4n) is 0.945. The van der Waals surface area contributed by atoms with E-state index in [1.165, 1.54) is 6.08 Å². The number of nitrogens with zero attached hydrogens (tertiary/aromatic N) is 1. The number of aromatic nitrogens is 1. The molecule has 1 aromatic heterocycles. The quantitative estimate of drug-likeness (QED) is 0.536. The first kappa shape index (κ1) is 10.5. The molecule has 1 rings (SSSR count). The van der Waals surface area contributed by atoms with Crippen LogP contribution >= 0.6 is 0 Å². The lowest BCUT2D eigenvalue weighted by atomic mass is 10.4. The van der Waals surface area contributed by atoms with Crippen LogP contribution in [0.15, 0.2) is 22.7 Å². The highest BCUT2D eigenvalue weighted by molar-refractivity contribution is 5.79. The molecule has 0 aromatic carbocycles. The van der Waals surface area contributed by atoms with Crippen molar-refractivity contribution in [3.8, 4) is 0 Å². The minimum Gasteiger partial charge on any atom is -0.478 e. The molecule has 0 aliphatic carbocycles. The summed E-state index contributed by atoms with van der Waals surface area (Å²) in [7, 11) is 0. The van der Waals surface area contributed by atoms with E-state index in [9.17, 15) is 4.79 Å². The Kier molecular flexibility index (Phi) is 3.87. The summed E-state index contributed by atoms with van der Waals surface area (Å²) in [6, 6.07) is 1.83. The number of nitrogens with one attached hydrogen (secondary N) is 1. The predicted octanol–water partition coefficient (Wildman–Crippen LogP) is 0.713. The van der Waals surface area contributed by atoms with E-state index in [0.29, 0.717) is 13.1 Å². The van der Waals surface area contributed by atoms with Gasteiger partial charge in [0.05, 0.1) is 5.69 Å². The third kappa shape index (κ3) is 3.86. The van der Waals surface area contributed by atoms with E-state index in [1.807, 2.05) is 13.0 Å². The van der Waals surface area contributed by atoms with Crippen LogP contribution in [0.3, 0.4) is 0 Å². The molecule has 0 saturated carbocycles. The number of hydrogen-bond donors (Lipinski definition) is 2. The van der Waals surface area contributed by atoms with Crippen molar-refractivity contribution in [1.29, 1.82) is 0 Å². The molecule has 0 amide bonds. The molecule has 2 N–H and O–H groups in total. The number of carboxylic acids is 1. The van der Waals surface area contributed by atoms with Gasteiger partial charge < -0.3 is 14.9 Å². The summed E-state index contributed by atoms with van der Waals surface area (Å²) >= 11 is 0. The lowest BCUT2D eigenvalue weighted by molar-refractivity contribution is -0.131. The van der Waals surface area contributed by atoms with Gasteiger partial charge in [0.25, 0.3) is 0 Å². The van der Waals surface area contributed by atoms with Gasteiger partial charge >= 0.3 is 5.97 Å². The molecular formula is C9H12N2O3. The van der Waals surface area contributed by atoms with Crippen molar-refractivity contribution < 1.29 is 14.4 Å². The third-order valence-electron chi connectivity index (χ3n) is 1.51. The van der Waals surface area contributed by atoms with Crippen LogP contribution in [0.5, 0.6) is 0 Å². The number of aryl methyl sites for hydroxylation is 1. The Morgan fingerprint density at radius 1 is 1.79 bits per heavy atom. The van der Waals surface area contributed by atoms with Gasteiger partial charge in [-0.3, -0.25) is 0 Å². The zero-order valence-corrected chi connectivity index (χ0v) is 7.86. The normalized spacial score (nSPS) is 10.9. The van der Waals surface area contributed by atoms with Crippen molar-refractivity contribution in [2.24, 2.45) is 0 Å². The second kappa shape index (κ2) is 5.18. The summed E-state index contributed by atoms with van der Waals surface area (Å²) in [5, 5.41) is 15.1. The molecule has 0 fully saturated rings. The summed E-state index contributed by atoms with van der Waals surface area (Å²) in [4.78, 5) is 10.1. The molecule has 5 nitrogen and oxygen atoms in total. The van der Waals surface area contributed by atoms with Crippen molar-refractivity contribution in [2.75, 3.05) is 6.54 Å². The number of carboxylic acid groups (broad SMARTS) is 1. The summed E-state index contributed by atoms with van der Waals surface area (Å²) in [6.45, 7) is 2.89. The Morgan fingerprint density at radius 2 is 2.57 bits per heavy atom. The average Bonchev–Trinajstić information content (AvgIpc) is 2.50. The second-order valence-electron chi connectivity index (χ2n) is 2.80. The van der Waals surface area contributed by atoms with E-state index in [2.05, 4.69) is 10.5 Å². The summed E-state index contributed by atoms with van der Waals surface area (Å²) in [5.41, 5.74) is 0.811. The molecule has 0 spiro atoms. The lowest BCUT2D eigenvalue weighted by Crippen LogP contribution is -2.13. The number of aliphatic carboxylic acids is 1. The lowest BCUT2D eigenvalue weighted by Gasteiger charge is -1.94. The van der Waals surface area contributed by atoms with E-state index in [-0.39, 0.29) is 0 Å². The highest BCUT2D eigenvalue weighted by Gasteiger charge is 1.97. The number of carbonyl (C=O) groups is 1. The van der Waals surface area contributed by atoms with Crippen molar-refractivity contribution in [1.82, 2.24) is 10.5 Å². The Balaban J connectivity index is 2.19. The molecule has 0 atom stereocenters.